The second kappa shape index (κ2) is 10.2. The Hall–Kier alpha value is -2.19. The summed E-state index contributed by atoms with van der Waals surface area (Å²) in [7, 11) is 0. The smallest absolute Gasteiger partial charge is 0.313 e. The quantitative estimate of drug-likeness (QED) is 0.677. The lowest BCUT2D eigenvalue weighted by Crippen LogP contribution is -2.50. The van der Waals surface area contributed by atoms with E-state index < -0.39 is 23.7 Å². The van der Waals surface area contributed by atoms with Gasteiger partial charge in [0.1, 0.15) is 5.82 Å². The molecule has 6 nitrogen and oxygen atoms in total. The van der Waals surface area contributed by atoms with Crippen molar-refractivity contribution in [1.29, 1.82) is 0 Å². The van der Waals surface area contributed by atoms with Gasteiger partial charge in [0.2, 0.25) is 0 Å². The van der Waals surface area contributed by atoms with E-state index in [2.05, 4.69) is 15.5 Å². The van der Waals surface area contributed by atoms with Gasteiger partial charge in [0, 0.05) is 29.8 Å². The predicted octanol–water partition coefficient (Wildman–Crippen LogP) is 3.65. The highest BCUT2D eigenvalue weighted by atomic mass is 35.5. The minimum atomic E-state index is -0.900. The number of hydrogen-bond acceptors (Lipinski definition) is 4. The van der Waals surface area contributed by atoms with E-state index in [9.17, 15) is 14.0 Å². The van der Waals surface area contributed by atoms with Crippen molar-refractivity contribution in [3.8, 4) is 0 Å². The fourth-order valence-corrected chi connectivity index (χ4v) is 3.83. The van der Waals surface area contributed by atoms with E-state index in [0.29, 0.717) is 31.3 Å². The third kappa shape index (κ3) is 5.49. The van der Waals surface area contributed by atoms with Crippen molar-refractivity contribution in [2.45, 2.75) is 19.0 Å². The van der Waals surface area contributed by atoms with Crippen molar-refractivity contribution in [3.05, 3.63) is 63.9 Å². The minimum Gasteiger partial charge on any atom is -0.379 e. The molecule has 9 heteroatoms. The molecule has 0 bridgehead atoms. The Labute approximate surface area is 184 Å². The average Bonchev–Trinajstić information content (AvgIpc) is 2.73. The summed E-state index contributed by atoms with van der Waals surface area (Å²) >= 11 is 12.1. The molecule has 3 rings (SSSR count). The summed E-state index contributed by atoms with van der Waals surface area (Å²) in [5.74, 6) is -2.42. The van der Waals surface area contributed by atoms with Gasteiger partial charge in [0.25, 0.3) is 0 Å². The van der Waals surface area contributed by atoms with Gasteiger partial charge in [-0.2, -0.15) is 0 Å². The van der Waals surface area contributed by atoms with Crippen molar-refractivity contribution >= 4 is 40.7 Å². The fraction of sp³-hybridized carbons (Fsp3) is 0.333. The third-order valence-electron chi connectivity index (χ3n) is 4.88. The molecule has 2 N–H and O–H groups in total. The van der Waals surface area contributed by atoms with E-state index in [4.69, 9.17) is 27.9 Å². The number of rotatable bonds is 5. The van der Waals surface area contributed by atoms with Crippen molar-refractivity contribution in [3.63, 3.8) is 0 Å². The summed E-state index contributed by atoms with van der Waals surface area (Å²) < 4.78 is 19.0. The van der Waals surface area contributed by atoms with Crippen LogP contribution in [0.4, 0.5) is 10.1 Å². The summed E-state index contributed by atoms with van der Waals surface area (Å²) in [6, 6.07) is 10.5. The maximum atomic E-state index is 13.6. The molecule has 0 aliphatic carbocycles. The van der Waals surface area contributed by atoms with E-state index in [1.54, 1.807) is 6.07 Å². The zero-order valence-corrected chi connectivity index (χ0v) is 17.8. The van der Waals surface area contributed by atoms with Crippen molar-refractivity contribution in [1.82, 2.24) is 10.2 Å². The molecule has 1 saturated heterocycles. The normalized spacial score (nSPS) is 16.5. The number of nitrogens with one attached hydrogen (secondary N) is 2. The number of amides is 2. The van der Waals surface area contributed by atoms with Crippen LogP contribution in [0.15, 0.2) is 42.5 Å². The van der Waals surface area contributed by atoms with Gasteiger partial charge in [-0.1, -0.05) is 41.4 Å². The number of carbonyl (C=O) groups is 2. The summed E-state index contributed by atoms with van der Waals surface area (Å²) in [4.78, 5) is 27.0. The number of anilines is 1. The highest BCUT2D eigenvalue weighted by Gasteiger charge is 2.31. The molecule has 0 radical (unpaired) electrons. The molecule has 2 atom stereocenters. The highest BCUT2D eigenvalue weighted by molar-refractivity contribution is 6.39. The Morgan fingerprint density at radius 1 is 1.07 bits per heavy atom. The number of halogens is 3. The fourth-order valence-electron chi connectivity index (χ4n) is 3.47. The van der Waals surface area contributed by atoms with Crippen LogP contribution < -0.4 is 10.6 Å². The summed E-state index contributed by atoms with van der Waals surface area (Å²) in [6.45, 7) is 4.31. The number of hydrogen-bond donors (Lipinski definition) is 2. The molecule has 160 valence electrons. The predicted molar refractivity (Wildman–Crippen MR) is 114 cm³/mol. The number of ether oxygens (including phenoxy) is 1. The lowest BCUT2D eigenvalue weighted by Gasteiger charge is -2.38. The Morgan fingerprint density at radius 3 is 2.43 bits per heavy atom. The number of carbonyl (C=O) groups excluding carboxylic acids is 2. The van der Waals surface area contributed by atoms with Crippen LogP contribution in [0.25, 0.3) is 0 Å². The van der Waals surface area contributed by atoms with Crippen molar-refractivity contribution in [2.24, 2.45) is 0 Å². The van der Waals surface area contributed by atoms with Crippen LogP contribution in [0, 0.1) is 5.82 Å². The molecule has 2 unspecified atom stereocenters. The highest BCUT2D eigenvalue weighted by Crippen LogP contribution is 2.31. The van der Waals surface area contributed by atoms with Crippen LogP contribution in [-0.4, -0.2) is 49.1 Å². The van der Waals surface area contributed by atoms with Gasteiger partial charge in [-0.3, -0.25) is 14.5 Å². The van der Waals surface area contributed by atoms with Gasteiger partial charge < -0.3 is 15.4 Å². The second-order valence-corrected chi connectivity index (χ2v) is 7.77. The molecule has 30 heavy (non-hydrogen) atoms. The van der Waals surface area contributed by atoms with Gasteiger partial charge >= 0.3 is 11.8 Å². The van der Waals surface area contributed by atoms with Gasteiger partial charge in [-0.25, -0.2) is 4.39 Å². The first kappa shape index (κ1) is 22.5. The summed E-state index contributed by atoms with van der Waals surface area (Å²) in [5.41, 5.74) is 0.995. The zero-order chi connectivity index (χ0) is 21.7. The van der Waals surface area contributed by atoms with Gasteiger partial charge in [0.15, 0.2) is 0 Å². The molecule has 0 saturated carbocycles. The standard InChI is InChI=1S/C21H22Cl2FN3O3/c1-13(25-20(28)21(29)26-14-6-7-17(23)18(24)12-14)19(27-8-10-30-11-9-27)15-4-2-3-5-16(15)22/h2-7,12-13,19H,8-11H2,1H3,(H,25,28)(H,26,29). The first-order valence-electron chi connectivity index (χ1n) is 9.50. The lowest BCUT2D eigenvalue weighted by atomic mass is 9.98. The van der Waals surface area contributed by atoms with Crippen LogP contribution in [-0.2, 0) is 14.3 Å². The topological polar surface area (TPSA) is 70.7 Å². The van der Waals surface area contributed by atoms with Gasteiger partial charge in [-0.15, -0.1) is 0 Å². The van der Waals surface area contributed by atoms with Gasteiger partial charge in [-0.05, 0) is 36.8 Å². The van der Waals surface area contributed by atoms with Crippen LogP contribution in [0.2, 0.25) is 10.0 Å². The van der Waals surface area contributed by atoms with E-state index in [-0.39, 0.29) is 16.8 Å². The monoisotopic (exact) mass is 453 g/mol. The first-order valence-corrected chi connectivity index (χ1v) is 10.3. The van der Waals surface area contributed by atoms with Crippen molar-refractivity contribution < 1.29 is 18.7 Å². The zero-order valence-electron chi connectivity index (χ0n) is 16.3. The molecule has 1 heterocycles. The Kier molecular flexibility index (Phi) is 7.66. The molecule has 2 amide bonds. The van der Waals surface area contributed by atoms with E-state index in [1.165, 1.54) is 12.1 Å². The average molecular weight is 454 g/mol. The molecule has 0 spiro atoms. The Morgan fingerprint density at radius 2 is 1.77 bits per heavy atom. The molecule has 1 aliphatic rings. The third-order valence-corrected chi connectivity index (χ3v) is 5.53. The first-order chi connectivity index (χ1) is 14.4. The van der Waals surface area contributed by atoms with Crippen LogP contribution in [0.1, 0.15) is 18.5 Å². The largest absolute Gasteiger partial charge is 0.379 e. The van der Waals surface area contributed by atoms with E-state index in [1.807, 2.05) is 25.1 Å². The number of benzene rings is 2. The molecular weight excluding hydrogens is 432 g/mol. The molecule has 2 aromatic rings. The van der Waals surface area contributed by atoms with E-state index in [0.717, 1.165) is 11.6 Å². The molecule has 2 aromatic carbocycles. The molecule has 1 fully saturated rings. The lowest BCUT2D eigenvalue weighted by molar-refractivity contribution is -0.137. The molecule has 1 aliphatic heterocycles. The summed E-state index contributed by atoms with van der Waals surface area (Å²) in [5, 5.41) is 5.62. The van der Waals surface area contributed by atoms with Crippen LogP contribution in [0.3, 0.4) is 0 Å². The maximum absolute atomic E-state index is 13.6. The number of morpholine rings is 1. The Balaban J connectivity index is 1.73. The number of nitrogens with zero attached hydrogens (tertiary/aromatic N) is 1. The van der Waals surface area contributed by atoms with Crippen LogP contribution >= 0.6 is 23.2 Å². The minimum absolute atomic E-state index is 0.0702. The summed E-state index contributed by atoms with van der Waals surface area (Å²) in [6.07, 6.45) is 0. The molecule has 0 aromatic heterocycles. The van der Waals surface area contributed by atoms with Crippen LogP contribution in [0.5, 0.6) is 0 Å². The Bertz CT molecular complexity index is 922. The maximum Gasteiger partial charge on any atom is 0.313 e. The second-order valence-electron chi connectivity index (χ2n) is 6.96. The van der Waals surface area contributed by atoms with E-state index >= 15 is 0 Å². The van der Waals surface area contributed by atoms with Gasteiger partial charge in [0.05, 0.1) is 24.3 Å². The van der Waals surface area contributed by atoms with Crippen molar-refractivity contribution in [2.75, 3.05) is 31.6 Å². The molecular formula is C21H22Cl2FN3O3. The SMILES string of the molecule is CC(NC(=O)C(=O)Nc1ccc(Cl)c(F)c1)C(c1ccccc1Cl)N1CCOCC1.